The highest BCUT2D eigenvalue weighted by Crippen LogP contribution is 2.59. The lowest BCUT2D eigenvalue weighted by molar-refractivity contribution is 0.160. The van der Waals surface area contributed by atoms with Crippen molar-refractivity contribution in [2.45, 2.75) is 63.3 Å². The lowest BCUT2D eigenvalue weighted by atomic mass is 9.67. The Kier molecular flexibility index (Phi) is 4.35. The summed E-state index contributed by atoms with van der Waals surface area (Å²) in [4.78, 5) is 0. The molecule has 0 aromatic heterocycles. The summed E-state index contributed by atoms with van der Waals surface area (Å²) < 4.78 is 6.52. The Morgan fingerprint density at radius 2 is 2.00 bits per heavy atom. The first-order valence-corrected chi connectivity index (χ1v) is 10.6. The van der Waals surface area contributed by atoms with Crippen LogP contribution >= 0.6 is 0 Å². The number of rotatable bonds is 5. The first-order chi connectivity index (χ1) is 13.3. The fraction of sp³-hybridized carbons (Fsp3) is 0.500. The summed E-state index contributed by atoms with van der Waals surface area (Å²) >= 11 is 0. The Balaban J connectivity index is 1.62. The van der Waals surface area contributed by atoms with E-state index in [1.807, 2.05) is 0 Å². The van der Waals surface area contributed by atoms with Gasteiger partial charge in [-0.15, -0.1) is 0 Å². The lowest BCUT2D eigenvalue weighted by Gasteiger charge is -2.38. The molecular formula is C24H29NO2. The summed E-state index contributed by atoms with van der Waals surface area (Å²) in [6.45, 7) is 2.51. The Hall–Kier alpha value is -2.00. The van der Waals surface area contributed by atoms with Crippen molar-refractivity contribution in [3.63, 3.8) is 0 Å². The number of nitrogens with one attached hydrogen (secondary N) is 1. The third kappa shape index (κ3) is 2.75. The molecule has 0 radical (unpaired) electrons. The Labute approximate surface area is 161 Å². The molecule has 2 heterocycles. The van der Waals surface area contributed by atoms with E-state index < -0.39 is 0 Å². The standard InChI is InChI=1S/C24H29NO2/c1-2-3-4-7-15-12-19-23-21(13-15)27-20-9-6-5-8-17(20)18-11-10-16(14-26)24(25-19)22(18)23/h5-6,8-9,12-13,16,18,22,24-26H,2-4,7,10-11,14H2,1H3. The zero-order valence-corrected chi connectivity index (χ0v) is 16.1. The number of aryl methyl sites for hydroxylation is 1. The molecule has 142 valence electrons. The molecule has 2 aromatic carbocycles. The summed E-state index contributed by atoms with van der Waals surface area (Å²) in [6, 6.07) is 13.5. The first-order valence-electron chi connectivity index (χ1n) is 10.6. The van der Waals surface area contributed by atoms with E-state index in [-0.39, 0.29) is 6.61 Å². The van der Waals surface area contributed by atoms with Crippen LogP contribution in [-0.4, -0.2) is 17.8 Å². The van der Waals surface area contributed by atoms with Crippen molar-refractivity contribution in [3.8, 4) is 11.5 Å². The summed E-state index contributed by atoms with van der Waals surface area (Å²) in [5.41, 5.74) is 5.29. The van der Waals surface area contributed by atoms with Crippen LogP contribution in [0.4, 0.5) is 5.69 Å². The van der Waals surface area contributed by atoms with E-state index in [9.17, 15) is 5.11 Å². The van der Waals surface area contributed by atoms with Gasteiger partial charge in [0.1, 0.15) is 11.5 Å². The van der Waals surface area contributed by atoms with Gasteiger partial charge in [-0.25, -0.2) is 0 Å². The SMILES string of the molecule is CCCCCc1cc2c3c(c1)Oc1ccccc1C1CCC(CO)C(N2)C31. The van der Waals surface area contributed by atoms with E-state index >= 15 is 0 Å². The molecule has 0 amide bonds. The van der Waals surface area contributed by atoms with E-state index in [4.69, 9.17) is 4.74 Å². The van der Waals surface area contributed by atoms with Crippen LogP contribution in [0.3, 0.4) is 0 Å². The van der Waals surface area contributed by atoms with Gasteiger partial charge in [0.05, 0.1) is 0 Å². The van der Waals surface area contributed by atoms with Crippen LogP contribution in [0.25, 0.3) is 0 Å². The minimum Gasteiger partial charge on any atom is -0.457 e. The molecule has 1 aliphatic carbocycles. The van der Waals surface area contributed by atoms with Crippen LogP contribution in [0, 0.1) is 5.92 Å². The number of hydrogen-bond acceptors (Lipinski definition) is 3. The fourth-order valence-corrected chi connectivity index (χ4v) is 5.57. The van der Waals surface area contributed by atoms with Crippen molar-refractivity contribution in [1.29, 1.82) is 0 Å². The van der Waals surface area contributed by atoms with Gasteiger partial charge in [0.2, 0.25) is 0 Å². The molecule has 3 nitrogen and oxygen atoms in total. The van der Waals surface area contributed by atoms with Gasteiger partial charge in [0, 0.05) is 35.7 Å². The quantitative estimate of drug-likeness (QED) is 0.681. The molecule has 0 spiro atoms. The number of fused-ring (bicyclic) bond motifs is 2. The predicted molar refractivity (Wildman–Crippen MR) is 109 cm³/mol. The van der Waals surface area contributed by atoms with Crippen molar-refractivity contribution >= 4 is 5.69 Å². The molecule has 4 atom stereocenters. The summed E-state index contributed by atoms with van der Waals surface area (Å²) in [5.74, 6) is 3.24. The molecule has 1 saturated carbocycles. The van der Waals surface area contributed by atoms with E-state index in [2.05, 4.69) is 48.6 Å². The van der Waals surface area contributed by atoms with Gasteiger partial charge < -0.3 is 15.2 Å². The van der Waals surface area contributed by atoms with Crippen LogP contribution in [0.15, 0.2) is 36.4 Å². The van der Waals surface area contributed by atoms with E-state index in [0.29, 0.717) is 23.8 Å². The van der Waals surface area contributed by atoms with E-state index in [0.717, 1.165) is 30.8 Å². The van der Waals surface area contributed by atoms with Crippen LogP contribution in [0.2, 0.25) is 0 Å². The monoisotopic (exact) mass is 363 g/mol. The zero-order chi connectivity index (χ0) is 18.4. The van der Waals surface area contributed by atoms with E-state index in [1.54, 1.807) is 0 Å². The van der Waals surface area contributed by atoms with Crippen molar-refractivity contribution in [1.82, 2.24) is 0 Å². The molecule has 0 saturated heterocycles. The van der Waals surface area contributed by atoms with Gasteiger partial charge >= 0.3 is 0 Å². The van der Waals surface area contributed by atoms with Crippen molar-refractivity contribution in [3.05, 3.63) is 53.1 Å². The summed E-state index contributed by atoms with van der Waals surface area (Å²) in [6.07, 6.45) is 7.01. The third-order valence-corrected chi connectivity index (χ3v) is 6.88. The maximum atomic E-state index is 9.98. The molecular weight excluding hydrogens is 334 g/mol. The number of unbranched alkanes of at least 4 members (excludes halogenated alkanes) is 2. The van der Waals surface area contributed by atoms with Crippen LogP contribution < -0.4 is 10.1 Å². The van der Waals surface area contributed by atoms with Gasteiger partial charge in [-0.3, -0.25) is 0 Å². The van der Waals surface area contributed by atoms with E-state index in [1.165, 1.54) is 41.6 Å². The first kappa shape index (κ1) is 17.1. The van der Waals surface area contributed by atoms with Crippen LogP contribution in [0.1, 0.15) is 67.6 Å². The fourth-order valence-electron chi connectivity index (χ4n) is 5.57. The molecule has 2 N–H and O–H groups in total. The maximum Gasteiger partial charge on any atom is 0.133 e. The normalized spacial score (nSPS) is 27.2. The molecule has 27 heavy (non-hydrogen) atoms. The number of hydrogen-bond donors (Lipinski definition) is 2. The third-order valence-electron chi connectivity index (χ3n) is 6.88. The number of benzene rings is 2. The minimum atomic E-state index is 0.260. The molecule has 4 unspecified atom stereocenters. The molecule has 3 aliphatic rings. The number of anilines is 1. The molecule has 0 bridgehead atoms. The van der Waals surface area contributed by atoms with Gasteiger partial charge in [-0.2, -0.15) is 0 Å². The van der Waals surface area contributed by atoms with Crippen molar-refractivity contribution < 1.29 is 9.84 Å². The Bertz CT molecular complexity index is 846. The number of aliphatic hydroxyl groups is 1. The average molecular weight is 364 g/mol. The van der Waals surface area contributed by atoms with Gasteiger partial charge in [-0.1, -0.05) is 38.0 Å². The van der Waals surface area contributed by atoms with Crippen molar-refractivity contribution in [2.24, 2.45) is 5.92 Å². The van der Waals surface area contributed by atoms with Crippen molar-refractivity contribution in [2.75, 3.05) is 11.9 Å². The van der Waals surface area contributed by atoms with Crippen LogP contribution in [-0.2, 0) is 6.42 Å². The average Bonchev–Trinajstić information content (AvgIpc) is 3.00. The topological polar surface area (TPSA) is 41.5 Å². The highest BCUT2D eigenvalue weighted by atomic mass is 16.5. The second-order valence-corrected chi connectivity index (χ2v) is 8.47. The second kappa shape index (κ2) is 6.87. The molecule has 2 aromatic rings. The number of para-hydroxylation sites is 1. The molecule has 1 fully saturated rings. The maximum absolute atomic E-state index is 9.98. The Morgan fingerprint density at radius 1 is 1.11 bits per heavy atom. The van der Waals surface area contributed by atoms with Gasteiger partial charge in [0.25, 0.3) is 0 Å². The van der Waals surface area contributed by atoms with Gasteiger partial charge in [-0.05, 0) is 60.9 Å². The lowest BCUT2D eigenvalue weighted by Crippen LogP contribution is -2.39. The van der Waals surface area contributed by atoms with Gasteiger partial charge in [0.15, 0.2) is 0 Å². The number of ether oxygens (including phenoxy) is 1. The summed E-state index contributed by atoms with van der Waals surface area (Å²) in [7, 11) is 0. The minimum absolute atomic E-state index is 0.260. The second-order valence-electron chi connectivity index (χ2n) is 8.47. The molecule has 3 heteroatoms. The summed E-state index contributed by atoms with van der Waals surface area (Å²) in [5, 5.41) is 13.8. The smallest absolute Gasteiger partial charge is 0.133 e. The molecule has 5 rings (SSSR count). The largest absolute Gasteiger partial charge is 0.457 e. The molecule has 2 aliphatic heterocycles. The highest BCUT2D eigenvalue weighted by molar-refractivity contribution is 5.70. The zero-order valence-electron chi connectivity index (χ0n) is 16.1. The number of aliphatic hydroxyl groups excluding tert-OH is 1. The van der Waals surface area contributed by atoms with Crippen LogP contribution in [0.5, 0.6) is 11.5 Å². The predicted octanol–water partition coefficient (Wildman–Crippen LogP) is 5.59. The Morgan fingerprint density at radius 3 is 2.85 bits per heavy atom. The highest BCUT2D eigenvalue weighted by Gasteiger charge is 2.48.